The quantitative estimate of drug-likeness (QED) is 0.569. The van der Waals surface area contributed by atoms with Crippen molar-refractivity contribution in [1.29, 1.82) is 0 Å². The fourth-order valence-electron chi connectivity index (χ4n) is 3.76. The molecule has 0 radical (unpaired) electrons. The molecule has 1 saturated heterocycles. The van der Waals surface area contributed by atoms with Crippen LogP contribution in [-0.4, -0.2) is 35.7 Å². The molecule has 0 atom stereocenters. The van der Waals surface area contributed by atoms with E-state index >= 15 is 0 Å². The summed E-state index contributed by atoms with van der Waals surface area (Å²) in [7, 11) is 0. The van der Waals surface area contributed by atoms with E-state index < -0.39 is 0 Å². The van der Waals surface area contributed by atoms with Gasteiger partial charge in [-0.05, 0) is 62.6 Å². The van der Waals surface area contributed by atoms with Crippen LogP contribution in [0.15, 0.2) is 53.1 Å². The van der Waals surface area contributed by atoms with Crippen molar-refractivity contribution in [2.24, 2.45) is 0 Å². The topological polar surface area (TPSA) is 80.5 Å². The number of rotatable bonds is 8. The summed E-state index contributed by atoms with van der Waals surface area (Å²) in [4.78, 5) is 19.3. The molecule has 2 aromatic carbocycles. The van der Waals surface area contributed by atoms with Crippen molar-refractivity contribution >= 4 is 17.3 Å². The minimum absolute atomic E-state index is 0.0646. The Morgan fingerprint density at radius 1 is 1.10 bits per heavy atom. The van der Waals surface area contributed by atoms with Crippen LogP contribution < -0.4 is 15.0 Å². The van der Waals surface area contributed by atoms with Crippen molar-refractivity contribution in [2.75, 3.05) is 29.9 Å². The van der Waals surface area contributed by atoms with Gasteiger partial charge in [0, 0.05) is 31.5 Å². The second-order valence-corrected chi connectivity index (χ2v) is 7.58. The largest absolute Gasteiger partial charge is 0.494 e. The molecule has 31 heavy (non-hydrogen) atoms. The maximum atomic E-state index is 12.6. The minimum Gasteiger partial charge on any atom is -0.494 e. The number of nitrogens with zero attached hydrogens (tertiary/aromatic N) is 3. The molecule has 0 aliphatic carbocycles. The zero-order valence-corrected chi connectivity index (χ0v) is 17.8. The molecule has 1 aromatic heterocycles. The van der Waals surface area contributed by atoms with Gasteiger partial charge in [0.05, 0.1) is 18.0 Å². The molecule has 1 N–H and O–H groups in total. The van der Waals surface area contributed by atoms with Gasteiger partial charge in [-0.3, -0.25) is 4.79 Å². The number of para-hydroxylation sites is 2. The molecule has 7 nitrogen and oxygen atoms in total. The highest BCUT2D eigenvalue weighted by atomic mass is 16.5. The first kappa shape index (κ1) is 20.9. The van der Waals surface area contributed by atoms with Crippen molar-refractivity contribution in [3.05, 3.63) is 54.4 Å². The first-order chi connectivity index (χ1) is 15.2. The van der Waals surface area contributed by atoms with Crippen LogP contribution in [0.3, 0.4) is 0 Å². The lowest BCUT2D eigenvalue weighted by molar-refractivity contribution is -0.116. The Bertz CT molecular complexity index is 994. The lowest BCUT2D eigenvalue weighted by Gasteiger charge is -2.30. The number of amides is 1. The molecule has 3 aromatic rings. The molecule has 0 bridgehead atoms. The van der Waals surface area contributed by atoms with Crippen molar-refractivity contribution in [2.45, 2.75) is 39.0 Å². The number of carbonyl (C=O) groups excluding carboxylic acids is 1. The number of carbonyl (C=O) groups is 1. The van der Waals surface area contributed by atoms with E-state index in [9.17, 15) is 4.79 Å². The molecule has 0 saturated carbocycles. The zero-order chi connectivity index (χ0) is 21.5. The number of anilines is 2. The predicted molar refractivity (Wildman–Crippen MR) is 120 cm³/mol. The van der Waals surface area contributed by atoms with Crippen LogP contribution in [0.1, 0.15) is 38.5 Å². The van der Waals surface area contributed by atoms with Gasteiger partial charge in [-0.15, -0.1) is 0 Å². The van der Waals surface area contributed by atoms with Gasteiger partial charge in [-0.1, -0.05) is 17.3 Å². The monoisotopic (exact) mass is 420 g/mol. The fourth-order valence-corrected chi connectivity index (χ4v) is 3.76. The fraction of sp³-hybridized carbons (Fsp3) is 0.375. The molecule has 162 valence electrons. The third-order valence-corrected chi connectivity index (χ3v) is 5.33. The Morgan fingerprint density at radius 2 is 1.87 bits per heavy atom. The molecule has 7 heteroatoms. The van der Waals surface area contributed by atoms with E-state index in [0.29, 0.717) is 24.7 Å². The molecule has 4 rings (SSSR count). The van der Waals surface area contributed by atoms with Crippen LogP contribution in [0.4, 0.5) is 11.4 Å². The number of hydrogen-bond acceptors (Lipinski definition) is 6. The summed E-state index contributed by atoms with van der Waals surface area (Å²) >= 11 is 0. The molecule has 0 spiro atoms. The van der Waals surface area contributed by atoms with E-state index in [1.54, 1.807) is 0 Å². The first-order valence-electron chi connectivity index (χ1n) is 10.9. The van der Waals surface area contributed by atoms with Crippen LogP contribution in [0, 0.1) is 0 Å². The Labute approximate surface area is 182 Å². The predicted octanol–water partition coefficient (Wildman–Crippen LogP) is 4.70. The molecule has 2 heterocycles. The Kier molecular flexibility index (Phi) is 6.82. The summed E-state index contributed by atoms with van der Waals surface area (Å²) in [6.07, 6.45) is 4.32. The molecule has 1 amide bonds. The number of aromatic nitrogens is 2. The van der Waals surface area contributed by atoms with Gasteiger partial charge >= 0.3 is 0 Å². The smallest absolute Gasteiger partial charge is 0.227 e. The highest BCUT2D eigenvalue weighted by Gasteiger charge is 2.16. The van der Waals surface area contributed by atoms with E-state index in [2.05, 4.69) is 26.4 Å². The van der Waals surface area contributed by atoms with Crippen LogP contribution in [0.2, 0.25) is 0 Å². The van der Waals surface area contributed by atoms with Crippen molar-refractivity contribution in [1.82, 2.24) is 10.1 Å². The summed E-state index contributed by atoms with van der Waals surface area (Å²) < 4.78 is 10.8. The van der Waals surface area contributed by atoms with E-state index in [4.69, 9.17) is 9.26 Å². The second kappa shape index (κ2) is 10.1. The number of benzene rings is 2. The minimum atomic E-state index is -0.0646. The van der Waals surface area contributed by atoms with Crippen molar-refractivity contribution in [3.63, 3.8) is 0 Å². The molecule has 0 unspecified atom stereocenters. The van der Waals surface area contributed by atoms with Gasteiger partial charge in [0.1, 0.15) is 5.75 Å². The third kappa shape index (κ3) is 5.42. The lowest BCUT2D eigenvalue weighted by atomic mass is 10.1. The van der Waals surface area contributed by atoms with E-state index in [1.807, 2.05) is 49.4 Å². The van der Waals surface area contributed by atoms with Gasteiger partial charge in [-0.2, -0.15) is 4.98 Å². The highest BCUT2D eigenvalue weighted by molar-refractivity contribution is 5.94. The van der Waals surface area contributed by atoms with E-state index in [-0.39, 0.29) is 12.3 Å². The summed E-state index contributed by atoms with van der Waals surface area (Å²) in [5.74, 6) is 1.69. The van der Waals surface area contributed by atoms with Gasteiger partial charge in [-0.25, -0.2) is 0 Å². The summed E-state index contributed by atoms with van der Waals surface area (Å²) in [6, 6.07) is 15.5. The Hall–Kier alpha value is -3.35. The highest BCUT2D eigenvalue weighted by Crippen LogP contribution is 2.28. The lowest BCUT2D eigenvalue weighted by Crippen LogP contribution is -2.30. The summed E-state index contributed by atoms with van der Waals surface area (Å²) in [5.41, 5.74) is 2.79. The van der Waals surface area contributed by atoms with Crippen LogP contribution in [-0.2, 0) is 11.2 Å². The average molecular weight is 421 g/mol. The molecule has 1 aliphatic rings. The number of ether oxygens (including phenoxy) is 1. The summed E-state index contributed by atoms with van der Waals surface area (Å²) in [6.45, 7) is 4.63. The number of aryl methyl sites for hydroxylation is 1. The van der Waals surface area contributed by atoms with Gasteiger partial charge in [0.15, 0.2) is 0 Å². The Balaban J connectivity index is 1.34. The molecule has 1 fully saturated rings. The van der Waals surface area contributed by atoms with E-state index in [1.165, 1.54) is 19.3 Å². The average Bonchev–Trinajstić information content (AvgIpc) is 3.29. The van der Waals surface area contributed by atoms with Gasteiger partial charge in [0.25, 0.3) is 0 Å². The second-order valence-electron chi connectivity index (χ2n) is 7.58. The van der Waals surface area contributed by atoms with E-state index in [0.717, 1.165) is 35.8 Å². The SMILES string of the molecule is CCOc1ccc(-c2noc(CCC(=O)Nc3ccccc3N3CCCCC3)n2)cc1. The normalized spacial score (nSPS) is 13.8. The maximum absolute atomic E-state index is 12.6. The Morgan fingerprint density at radius 3 is 2.65 bits per heavy atom. The van der Waals surface area contributed by atoms with Crippen LogP contribution >= 0.6 is 0 Å². The van der Waals surface area contributed by atoms with Crippen molar-refractivity contribution in [3.8, 4) is 17.1 Å². The number of nitrogens with one attached hydrogen (secondary N) is 1. The standard InChI is InChI=1S/C24H28N4O3/c1-2-30-19-12-10-18(11-13-19)24-26-23(31-27-24)15-14-22(29)25-20-8-4-5-9-21(20)28-16-6-3-7-17-28/h4-5,8-13H,2-3,6-7,14-17H2,1H3,(H,25,29). The maximum Gasteiger partial charge on any atom is 0.227 e. The van der Waals surface area contributed by atoms with Gasteiger partial charge in [0.2, 0.25) is 17.6 Å². The summed E-state index contributed by atoms with van der Waals surface area (Å²) in [5, 5.41) is 7.08. The van der Waals surface area contributed by atoms with Crippen LogP contribution in [0.25, 0.3) is 11.4 Å². The zero-order valence-electron chi connectivity index (χ0n) is 17.8. The number of piperidine rings is 1. The van der Waals surface area contributed by atoms with Crippen molar-refractivity contribution < 1.29 is 14.1 Å². The molecular weight excluding hydrogens is 392 g/mol. The third-order valence-electron chi connectivity index (χ3n) is 5.33. The van der Waals surface area contributed by atoms with Crippen LogP contribution in [0.5, 0.6) is 5.75 Å². The molecule has 1 aliphatic heterocycles. The first-order valence-corrected chi connectivity index (χ1v) is 10.9. The number of hydrogen-bond donors (Lipinski definition) is 1. The van der Waals surface area contributed by atoms with Gasteiger partial charge < -0.3 is 19.5 Å². The molecular formula is C24H28N4O3.